The summed E-state index contributed by atoms with van der Waals surface area (Å²) in [4.78, 5) is 36.4. The number of hydrogen-bond donors (Lipinski definition) is 2. The Hall–Kier alpha value is -1.14. The molecule has 3 N–H and O–H groups in total. The fraction of sp³-hybridized carbons (Fsp3) is 0.750. The van der Waals surface area contributed by atoms with Crippen LogP contribution in [0.3, 0.4) is 0 Å². The van der Waals surface area contributed by atoms with Gasteiger partial charge in [-0.3, -0.25) is 19.3 Å². The van der Waals surface area contributed by atoms with Gasteiger partial charge in [-0.2, -0.15) is 0 Å². The molecule has 6 nitrogen and oxygen atoms in total. The SMILES string of the molecule is CCCC(N)C(=O)NC1CC(=O)N(C(C)C)C1=O.Cl. The minimum absolute atomic E-state index is 0. The number of halogens is 1. The zero-order valence-electron chi connectivity index (χ0n) is 11.5. The van der Waals surface area contributed by atoms with Gasteiger partial charge in [-0.05, 0) is 20.3 Å². The van der Waals surface area contributed by atoms with E-state index in [1.165, 1.54) is 4.90 Å². The highest BCUT2D eigenvalue weighted by Gasteiger charge is 2.40. The van der Waals surface area contributed by atoms with Crippen molar-refractivity contribution in [1.29, 1.82) is 0 Å². The molecular formula is C12H22ClN3O3. The maximum Gasteiger partial charge on any atom is 0.252 e. The molecule has 0 radical (unpaired) electrons. The first-order valence-corrected chi connectivity index (χ1v) is 6.30. The molecule has 1 heterocycles. The van der Waals surface area contributed by atoms with Crippen LogP contribution in [-0.2, 0) is 14.4 Å². The summed E-state index contributed by atoms with van der Waals surface area (Å²) in [5.74, 6) is -0.954. The van der Waals surface area contributed by atoms with Gasteiger partial charge in [-0.1, -0.05) is 13.3 Å². The average molecular weight is 292 g/mol. The van der Waals surface area contributed by atoms with E-state index in [0.29, 0.717) is 6.42 Å². The smallest absolute Gasteiger partial charge is 0.252 e. The largest absolute Gasteiger partial charge is 0.342 e. The third-order valence-corrected chi connectivity index (χ3v) is 2.95. The van der Waals surface area contributed by atoms with Crippen molar-refractivity contribution in [2.24, 2.45) is 5.73 Å². The van der Waals surface area contributed by atoms with E-state index >= 15 is 0 Å². The van der Waals surface area contributed by atoms with Crippen LogP contribution < -0.4 is 11.1 Å². The van der Waals surface area contributed by atoms with Crippen molar-refractivity contribution in [1.82, 2.24) is 10.2 Å². The lowest BCUT2D eigenvalue weighted by molar-refractivity contribution is -0.141. The van der Waals surface area contributed by atoms with E-state index < -0.39 is 12.1 Å². The fourth-order valence-electron chi connectivity index (χ4n) is 2.03. The number of rotatable bonds is 5. The maximum absolute atomic E-state index is 11.9. The Bertz CT molecular complexity index is 360. The van der Waals surface area contributed by atoms with E-state index in [9.17, 15) is 14.4 Å². The average Bonchev–Trinajstić information content (AvgIpc) is 2.54. The van der Waals surface area contributed by atoms with Crippen molar-refractivity contribution >= 4 is 30.1 Å². The maximum atomic E-state index is 11.9. The standard InChI is InChI=1S/C12H21N3O3.ClH/c1-4-5-8(13)11(17)14-9-6-10(16)15(7(2)3)12(9)18;/h7-9H,4-6,13H2,1-3H3,(H,14,17);1H. The molecule has 1 rings (SSSR count). The number of amides is 3. The van der Waals surface area contributed by atoms with E-state index in [1.54, 1.807) is 13.8 Å². The molecule has 7 heteroatoms. The lowest BCUT2D eigenvalue weighted by atomic mass is 10.1. The third kappa shape index (κ3) is 4.18. The molecule has 1 aliphatic heterocycles. The predicted octanol–water partition coefficient (Wildman–Crippen LogP) is 0.188. The topological polar surface area (TPSA) is 92.5 Å². The van der Waals surface area contributed by atoms with Gasteiger partial charge in [0.25, 0.3) is 5.91 Å². The number of imide groups is 1. The zero-order valence-corrected chi connectivity index (χ0v) is 12.3. The summed E-state index contributed by atoms with van der Waals surface area (Å²) in [5, 5.41) is 2.55. The Kier molecular flexibility index (Phi) is 7.00. The Labute approximate surface area is 119 Å². The first-order valence-electron chi connectivity index (χ1n) is 6.30. The molecule has 1 aliphatic rings. The molecule has 110 valence electrons. The molecule has 19 heavy (non-hydrogen) atoms. The van der Waals surface area contributed by atoms with Crippen molar-refractivity contribution in [3.8, 4) is 0 Å². The van der Waals surface area contributed by atoms with Crippen LogP contribution >= 0.6 is 12.4 Å². The summed E-state index contributed by atoms with van der Waals surface area (Å²) in [6.45, 7) is 5.46. The number of likely N-dealkylation sites (tertiary alicyclic amines) is 1. The second kappa shape index (κ2) is 7.45. The molecule has 2 atom stereocenters. The molecule has 0 aromatic carbocycles. The molecule has 0 bridgehead atoms. The summed E-state index contributed by atoms with van der Waals surface area (Å²) in [6.07, 6.45) is 1.39. The van der Waals surface area contributed by atoms with Gasteiger partial charge in [-0.15, -0.1) is 12.4 Å². The molecule has 0 spiro atoms. The Morgan fingerprint density at radius 3 is 2.47 bits per heavy atom. The summed E-state index contributed by atoms with van der Waals surface area (Å²) < 4.78 is 0. The van der Waals surface area contributed by atoms with E-state index in [1.807, 2.05) is 6.92 Å². The minimum atomic E-state index is -0.754. The third-order valence-electron chi connectivity index (χ3n) is 2.95. The molecule has 0 aliphatic carbocycles. The van der Waals surface area contributed by atoms with Crippen LogP contribution in [-0.4, -0.2) is 40.7 Å². The number of nitrogens with one attached hydrogen (secondary N) is 1. The normalized spacial score (nSPS) is 20.5. The molecule has 3 amide bonds. The van der Waals surface area contributed by atoms with Gasteiger partial charge in [0.05, 0.1) is 12.5 Å². The van der Waals surface area contributed by atoms with E-state index in [2.05, 4.69) is 5.32 Å². The van der Waals surface area contributed by atoms with E-state index in [-0.39, 0.29) is 42.6 Å². The van der Waals surface area contributed by atoms with Gasteiger partial charge in [-0.25, -0.2) is 0 Å². The van der Waals surface area contributed by atoms with Gasteiger partial charge in [0.15, 0.2) is 0 Å². The minimum Gasteiger partial charge on any atom is -0.342 e. The summed E-state index contributed by atoms with van der Waals surface area (Å²) >= 11 is 0. The zero-order chi connectivity index (χ0) is 13.9. The van der Waals surface area contributed by atoms with Crippen LogP contribution in [0.2, 0.25) is 0 Å². The second-order valence-electron chi connectivity index (χ2n) is 4.86. The van der Waals surface area contributed by atoms with Crippen molar-refractivity contribution in [2.75, 3.05) is 0 Å². The highest BCUT2D eigenvalue weighted by atomic mass is 35.5. The van der Waals surface area contributed by atoms with Crippen LogP contribution in [0.25, 0.3) is 0 Å². The van der Waals surface area contributed by atoms with Gasteiger partial charge >= 0.3 is 0 Å². The number of carbonyl (C=O) groups excluding carboxylic acids is 3. The van der Waals surface area contributed by atoms with Crippen LogP contribution in [0.15, 0.2) is 0 Å². The van der Waals surface area contributed by atoms with Crippen molar-refractivity contribution < 1.29 is 14.4 Å². The highest BCUT2D eigenvalue weighted by Crippen LogP contribution is 2.16. The van der Waals surface area contributed by atoms with Gasteiger partial charge in [0.2, 0.25) is 11.8 Å². The molecule has 2 unspecified atom stereocenters. The molecule has 0 aromatic rings. The number of hydrogen-bond acceptors (Lipinski definition) is 4. The molecule has 1 fully saturated rings. The van der Waals surface area contributed by atoms with Crippen molar-refractivity contribution in [3.05, 3.63) is 0 Å². The molecule has 1 saturated heterocycles. The van der Waals surface area contributed by atoms with Crippen LogP contribution in [0.5, 0.6) is 0 Å². The summed E-state index contributed by atoms with van der Waals surface area (Å²) in [5.41, 5.74) is 5.66. The number of carbonyl (C=O) groups is 3. The monoisotopic (exact) mass is 291 g/mol. The first-order chi connectivity index (χ1) is 8.38. The molecular weight excluding hydrogens is 270 g/mol. The van der Waals surface area contributed by atoms with Crippen molar-refractivity contribution in [2.45, 2.75) is 58.2 Å². The number of nitrogens with two attached hydrogens (primary N) is 1. The van der Waals surface area contributed by atoms with Crippen LogP contribution in [0, 0.1) is 0 Å². The molecule has 0 aromatic heterocycles. The Morgan fingerprint density at radius 2 is 2.05 bits per heavy atom. The Balaban J connectivity index is 0.00000324. The first kappa shape index (κ1) is 17.9. The quantitative estimate of drug-likeness (QED) is 0.707. The van der Waals surface area contributed by atoms with Crippen molar-refractivity contribution in [3.63, 3.8) is 0 Å². The highest BCUT2D eigenvalue weighted by molar-refractivity contribution is 6.07. The van der Waals surface area contributed by atoms with Gasteiger partial charge < -0.3 is 11.1 Å². The predicted molar refractivity (Wildman–Crippen MR) is 73.7 cm³/mol. The van der Waals surface area contributed by atoms with Crippen LogP contribution in [0.4, 0.5) is 0 Å². The second-order valence-corrected chi connectivity index (χ2v) is 4.86. The molecule has 0 saturated carbocycles. The summed E-state index contributed by atoms with van der Waals surface area (Å²) in [7, 11) is 0. The summed E-state index contributed by atoms with van der Waals surface area (Å²) in [6, 6.07) is -1.56. The van der Waals surface area contributed by atoms with Gasteiger partial charge in [0, 0.05) is 6.04 Å². The Morgan fingerprint density at radius 1 is 1.47 bits per heavy atom. The van der Waals surface area contributed by atoms with E-state index in [4.69, 9.17) is 5.73 Å². The van der Waals surface area contributed by atoms with E-state index in [0.717, 1.165) is 6.42 Å². The van der Waals surface area contributed by atoms with Gasteiger partial charge in [0.1, 0.15) is 6.04 Å². The van der Waals surface area contributed by atoms with Crippen LogP contribution in [0.1, 0.15) is 40.0 Å². The lowest BCUT2D eigenvalue weighted by Crippen LogP contribution is -2.49. The number of nitrogens with zero attached hydrogens (tertiary/aromatic N) is 1. The fourth-order valence-corrected chi connectivity index (χ4v) is 2.03. The lowest BCUT2D eigenvalue weighted by Gasteiger charge is -2.19.